The monoisotopic (exact) mass is 364 g/mol. The highest BCUT2D eigenvalue weighted by molar-refractivity contribution is 5.90. The summed E-state index contributed by atoms with van der Waals surface area (Å²) < 4.78 is 1.20. The topological polar surface area (TPSA) is 95.4 Å². The van der Waals surface area contributed by atoms with E-state index in [1.54, 1.807) is 0 Å². The first-order valence-corrected chi connectivity index (χ1v) is 9.28. The van der Waals surface area contributed by atoms with Gasteiger partial charge in [0.25, 0.3) is 17.2 Å². The lowest BCUT2D eigenvalue weighted by molar-refractivity contribution is 0.0723. The molecular weight excluding hydrogens is 344 g/mol. The number of nitrogens with one attached hydrogen (secondary N) is 2. The number of H-pyrrole nitrogens is 1. The average molecular weight is 364 g/mol. The van der Waals surface area contributed by atoms with Crippen molar-refractivity contribution < 1.29 is 4.79 Å². The molecule has 8 nitrogen and oxygen atoms in total. The molecule has 2 fully saturated rings. The number of hydrogen-bond donors (Lipinski definition) is 2. The van der Waals surface area contributed by atoms with Gasteiger partial charge in [-0.2, -0.15) is 9.50 Å². The Bertz CT molecular complexity index is 1050. The van der Waals surface area contributed by atoms with Crippen LogP contribution in [0.2, 0.25) is 0 Å². The summed E-state index contributed by atoms with van der Waals surface area (Å²) in [4.78, 5) is 35.9. The lowest BCUT2D eigenvalue weighted by atomic mass is 10.0. The zero-order chi connectivity index (χ0) is 18.4. The Morgan fingerprint density at radius 3 is 2.70 bits per heavy atom. The van der Waals surface area contributed by atoms with Gasteiger partial charge >= 0.3 is 0 Å². The van der Waals surface area contributed by atoms with Gasteiger partial charge in [-0.05, 0) is 19.3 Å². The number of rotatable bonds is 5. The van der Waals surface area contributed by atoms with Crippen LogP contribution in [0.15, 0.2) is 41.2 Å². The molecule has 3 aromatic rings. The minimum atomic E-state index is -0.316. The van der Waals surface area contributed by atoms with E-state index in [0.717, 1.165) is 18.5 Å². The number of nitrogens with zero attached hydrogens (tertiary/aromatic N) is 4. The number of aromatic nitrogens is 4. The molecule has 1 aromatic carbocycles. The lowest BCUT2D eigenvalue weighted by Gasteiger charge is -2.41. The molecule has 1 amide bonds. The molecule has 8 heteroatoms. The molecule has 1 atom stereocenters. The van der Waals surface area contributed by atoms with Gasteiger partial charge in [-0.25, -0.2) is 4.98 Å². The average Bonchev–Trinajstić information content (AvgIpc) is 3.37. The second kappa shape index (κ2) is 6.31. The van der Waals surface area contributed by atoms with Crippen molar-refractivity contribution >= 4 is 11.7 Å². The van der Waals surface area contributed by atoms with Gasteiger partial charge in [0.15, 0.2) is 0 Å². The highest BCUT2D eigenvalue weighted by atomic mass is 16.2. The first kappa shape index (κ1) is 16.2. The van der Waals surface area contributed by atoms with Gasteiger partial charge in [-0.15, -0.1) is 0 Å². The number of amides is 1. The fourth-order valence-corrected chi connectivity index (χ4v) is 3.60. The SMILES string of the molecule is O=C(NCC1CCN1C1CC1)c1nc2nc(-c3ccccc3)cc(=O)n2[nH]1. The van der Waals surface area contributed by atoms with Crippen molar-refractivity contribution in [3.63, 3.8) is 0 Å². The first-order valence-electron chi connectivity index (χ1n) is 9.28. The van der Waals surface area contributed by atoms with Crippen LogP contribution in [0.3, 0.4) is 0 Å². The number of carbonyl (C=O) groups is 1. The Labute approximate surface area is 155 Å². The summed E-state index contributed by atoms with van der Waals surface area (Å²) in [5.74, 6) is -0.0272. The van der Waals surface area contributed by atoms with E-state index < -0.39 is 0 Å². The minimum absolute atomic E-state index is 0.0992. The van der Waals surface area contributed by atoms with Gasteiger partial charge in [-0.3, -0.25) is 19.6 Å². The molecule has 0 radical (unpaired) electrons. The molecule has 138 valence electrons. The van der Waals surface area contributed by atoms with Crippen LogP contribution in [0.4, 0.5) is 0 Å². The summed E-state index contributed by atoms with van der Waals surface area (Å²) >= 11 is 0. The Kier molecular flexibility index (Phi) is 3.78. The fourth-order valence-electron chi connectivity index (χ4n) is 3.60. The Balaban J connectivity index is 1.35. The van der Waals surface area contributed by atoms with Crippen LogP contribution >= 0.6 is 0 Å². The van der Waals surface area contributed by atoms with Crippen LogP contribution < -0.4 is 10.9 Å². The van der Waals surface area contributed by atoms with Gasteiger partial charge in [0.05, 0.1) is 5.69 Å². The summed E-state index contributed by atoms with van der Waals surface area (Å²) in [5, 5.41) is 5.68. The summed E-state index contributed by atoms with van der Waals surface area (Å²) in [5.41, 5.74) is 1.06. The van der Waals surface area contributed by atoms with E-state index in [4.69, 9.17) is 0 Å². The van der Waals surface area contributed by atoms with Crippen LogP contribution in [0.5, 0.6) is 0 Å². The smallest absolute Gasteiger partial charge is 0.288 e. The Morgan fingerprint density at radius 1 is 1.19 bits per heavy atom. The van der Waals surface area contributed by atoms with Gasteiger partial charge in [0, 0.05) is 36.8 Å². The van der Waals surface area contributed by atoms with E-state index >= 15 is 0 Å². The van der Waals surface area contributed by atoms with Crippen LogP contribution in [-0.2, 0) is 0 Å². The molecule has 0 spiro atoms. The summed E-state index contributed by atoms with van der Waals surface area (Å²) in [6.07, 6.45) is 3.65. The quantitative estimate of drug-likeness (QED) is 0.706. The third-order valence-corrected chi connectivity index (χ3v) is 5.32. The van der Waals surface area contributed by atoms with Crippen molar-refractivity contribution in [3.8, 4) is 11.3 Å². The Morgan fingerprint density at radius 2 is 2.00 bits per heavy atom. The van der Waals surface area contributed by atoms with E-state index in [9.17, 15) is 9.59 Å². The molecular formula is C19H20N6O2. The van der Waals surface area contributed by atoms with Crippen molar-refractivity contribution in [1.29, 1.82) is 0 Å². The maximum atomic E-state index is 12.5. The fraction of sp³-hybridized carbons (Fsp3) is 0.368. The summed E-state index contributed by atoms with van der Waals surface area (Å²) in [6, 6.07) is 12.0. The predicted octanol–water partition coefficient (Wildman–Crippen LogP) is 1.05. The van der Waals surface area contributed by atoms with Gasteiger partial charge in [0.1, 0.15) is 0 Å². The standard InChI is InChI=1S/C19H20N6O2/c26-16-10-15(12-4-2-1-3-5-12)21-19-22-17(23-25(16)19)18(27)20-11-14-8-9-24(14)13-6-7-13/h1-5,10,13-14H,6-9,11H2,(H,20,27)(H,21,22,23). The molecule has 27 heavy (non-hydrogen) atoms. The molecule has 1 unspecified atom stereocenters. The summed E-state index contributed by atoms with van der Waals surface area (Å²) in [7, 11) is 0. The molecule has 1 saturated heterocycles. The number of likely N-dealkylation sites (tertiary alicyclic amines) is 1. The van der Waals surface area contributed by atoms with Crippen LogP contribution in [0.25, 0.3) is 17.0 Å². The highest BCUT2D eigenvalue weighted by Gasteiger charge is 2.39. The first-order chi connectivity index (χ1) is 13.2. The zero-order valence-corrected chi connectivity index (χ0v) is 14.8. The van der Waals surface area contributed by atoms with Crippen molar-refractivity contribution in [2.75, 3.05) is 13.1 Å². The third-order valence-electron chi connectivity index (χ3n) is 5.32. The highest BCUT2D eigenvalue weighted by Crippen LogP contribution is 2.34. The maximum Gasteiger partial charge on any atom is 0.288 e. The molecule has 2 aliphatic rings. The van der Waals surface area contributed by atoms with Gasteiger partial charge < -0.3 is 5.32 Å². The van der Waals surface area contributed by atoms with E-state index in [0.29, 0.717) is 24.3 Å². The van der Waals surface area contributed by atoms with Crippen molar-refractivity contribution in [2.45, 2.75) is 31.3 Å². The normalized spacial score (nSPS) is 19.8. The molecule has 2 N–H and O–H groups in total. The van der Waals surface area contributed by atoms with Crippen LogP contribution in [-0.4, -0.2) is 55.6 Å². The zero-order valence-electron chi connectivity index (χ0n) is 14.8. The second-order valence-corrected chi connectivity index (χ2v) is 7.17. The van der Waals surface area contributed by atoms with E-state index in [-0.39, 0.29) is 23.1 Å². The van der Waals surface area contributed by atoms with E-state index in [1.165, 1.54) is 23.4 Å². The number of hydrogen-bond acceptors (Lipinski definition) is 5. The Hall–Kier alpha value is -3.00. The molecule has 1 aliphatic carbocycles. The van der Waals surface area contributed by atoms with Crippen molar-refractivity contribution in [2.24, 2.45) is 0 Å². The predicted molar refractivity (Wildman–Crippen MR) is 99.5 cm³/mol. The van der Waals surface area contributed by atoms with E-state index in [2.05, 4.69) is 25.3 Å². The lowest BCUT2D eigenvalue weighted by Crippen LogP contribution is -2.54. The number of benzene rings is 1. The molecule has 1 aliphatic heterocycles. The molecule has 2 aromatic heterocycles. The third kappa shape index (κ3) is 3.02. The minimum Gasteiger partial charge on any atom is -0.348 e. The van der Waals surface area contributed by atoms with Crippen LogP contribution in [0.1, 0.15) is 29.9 Å². The number of carbonyl (C=O) groups excluding carboxylic acids is 1. The molecule has 5 rings (SSSR count). The largest absolute Gasteiger partial charge is 0.348 e. The van der Waals surface area contributed by atoms with Crippen LogP contribution in [0, 0.1) is 0 Å². The summed E-state index contributed by atoms with van der Waals surface area (Å²) in [6.45, 7) is 1.72. The second-order valence-electron chi connectivity index (χ2n) is 7.17. The number of fused-ring (bicyclic) bond motifs is 1. The molecule has 0 bridgehead atoms. The number of aromatic amines is 1. The molecule has 1 saturated carbocycles. The maximum absolute atomic E-state index is 12.5. The van der Waals surface area contributed by atoms with Crippen molar-refractivity contribution in [3.05, 3.63) is 52.6 Å². The van der Waals surface area contributed by atoms with Gasteiger partial charge in [0.2, 0.25) is 5.82 Å². The molecule has 3 heterocycles. The van der Waals surface area contributed by atoms with Gasteiger partial charge in [-0.1, -0.05) is 30.3 Å². The van der Waals surface area contributed by atoms with Crippen molar-refractivity contribution in [1.82, 2.24) is 29.8 Å². The van der Waals surface area contributed by atoms with E-state index in [1.807, 2.05) is 30.3 Å².